The Labute approximate surface area is 148 Å². The van der Waals surface area contributed by atoms with Crippen molar-refractivity contribution in [3.8, 4) is 22.5 Å². The van der Waals surface area contributed by atoms with Crippen molar-refractivity contribution in [2.24, 2.45) is 0 Å². The van der Waals surface area contributed by atoms with Crippen LogP contribution in [0.15, 0.2) is 49.1 Å². The van der Waals surface area contributed by atoms with Gasteiger partial charge in [-0.25, -0.2) is 4.98 Å². The van der Waals surface area contributed by atoms with E-state index < -0.39 is 0 Å². The first-order valence-electron chi connectivity index (χ1n) is 8.99. The second-order valence-electron chi connectivity index (χ2n) is 6.90. The summed E-state index contributed by atoms with van der Waals surface area (Å²) in [7, 11) is 0. The number of nitrogens with zero attached hydrogens (tertiary/aromatic N) is 4. The van der Waals surface area contributed by atoms with E-state index in [1.807, 2.05) is 23.3 Å². The molecule has 0 aliphatic carbocycles. The summed E-state index contributed by atoms with van der Waals surface area (Å²) in [5.74, 6) is 0. The zero-order valence-electron chi connectivity index (χ0n) is 14.8. The molecule has 2 aromatic heterocycles. The molecule has 130 valence electrons. The number of aromatic nitrogens is 4. The van der Waals surface area contributed by atoms with Crippen molar-refractivity contribution >= 4 is 0 Å². The van der Waals surface area contributed by atoms with Crippen molar-refractivity contribution < 1.29 is 4.74 Å². The number of imidazole rings is 1. The summed E-state index contributed by atoms with van der Waals surface area (Å²) in [4.78, 5) is 4.73. The highest BCUT2D eigenvalue weighted by molar-refractivity contribution is 5.78. The molecule has 5 heteroatoms. The van der Waals surface area contributed by atoms with Crippen LogP contribution < -0.4 is 0 Å². The fourth-order valence-electron chi connectivity index (χ4n) is 3.38. The first kappa shape index (κ1) is 16.1. The van der Waals surface area contributed by atoms with Crippen LogP contribution in [0, 0.1) is 0 Å². The Kier molecular flexibility index (Phi) is 4.40. The van der Waals surface area contributed by atoms with Crippen LogP contribution in [0.25, 0.3) is 22.5 Å². The van der Waals surface area contributed by atoms with E-state index in [4.69, 9.17) is 9.72 Å². The molecule has 1 atom stereocenters. The Balaban J connectivity index is 1.77. The van der Waals surface area contributed by atoms with Crippen molar-refractivity contribution in [1.82, 2.24) is 19.3 Å². The van der Waals surface area contributed by atoms with Crippen molar-refractivity contribution in [3.05, 3.63) is 49.1 Å². The summed E-state index contributed by atoms with van der Waals surface area (Å²) in [5.41, 5.74) is 4.35. The molecule has 0 amide bonds. The first-order chi connectivity index (χ1) is 12.2. The molecule has 1 aromatic carbocycles. The third kappa shape index (κ3) is 3.24. The number of hydrogen-bond donors (Lipinski definition) is 0. The van der Waals surface area contributed by atoms with Gasteiger partial charge in [-0.1, -0.05) is 30.3 Å². The summed E-state index contributed by atoms with van der Waals surface area (Å²) in [6.45, 7) is 5.98. The van der Waals surface area contributed by atoms with Crippen LogP contribution in [0.3, 0.4) is 0 Å². The molecule has 0 bridgehead atoms. The maximum atomic E-state index is 5.84. The van der Waals surface area contributed by atoms with Gasteiger partial charge in [0.2, 0.25) is 0 Å². The molecule has 25 heavy (non-hydrogen) atoms. The van der Waals surface area contributed by atoms with E-state index >= 15 is 0 Å². The molecule has 1 unspecified atom stereocenters. The molecule has 3 aromatic rings. The van der Waals surface area contributed by atoms with Gasteiger partial charge in [0.15, 0.2) is 0 Å². The smallest absolute Gasteiger partial charge is 0.0964 e. The highest BCUT2D eigenvalue weighted by Gasteiger charge is 2.21. The predicted molar refractivity (Wildman–Crippen MR) is 98.2 cm³/mol. The average molecular weight is 336 g/mol. The lowest BCUT2D eigenvalue weighted by atomic mass is 10.1. The molecule has 5 nitrogen and oxygen atoms in total. The zero-order valence-corrected chi connectivity index (χ0v) is 14.8. The fraction of sp³-hybridized carbons (Fsp3) is 0.400. The van der Waals surface area contributed by atoms with Gasteiger partial charge in [-0.3, -0.25) is 4.68 Å². The van der Waals surface area contributed by atoms with Gasteiger partial charge in [0.05, 0.1) is 36.6 Å². The first-order valence-corrected chi connectivity index (χ1v) is 8.99. The summed E-state index contributed by atoms with van der Waals surface area (Å²) in [5, 5.41) is 4.52. The normalized spacial score (nSPS) is 17.5. The molecule has 0 saturated carbocycles. The number of benzene rings is 1. The van der Waals surface area contributed by atoms with Gasteiger partial charge in [-0.15, -0.1) is 0 Å². The van der Waals surface area contributed by atoms with E-state index in [2.05, 4.69) is 54.0 Å². The van der Waals surface area contributed by atoms with Crippen LogP contribution in [0.4, 0.5) is 0 Å². The predicted octanol–water partition coefficient (Wildman–Crippen LogP) is 4.17. The topological polar surface area (TPSA) is 44.9 Å². The van der Waals surface area contributed by atoms with E-state index in [0.29, 0.717) is 6.04 Å². The molecule has 3 heterocycles. The Morgan fingerprint density at radius 1 is 1.20 bits per heavy atom. The van der Waals surface area contributed by atoms with Crippen LogP contribution in [0.5, 0.6) is 0 Å². The van der Waals surface area contributed by atoms with Crippen molar-refractivity contribution in [3.63, 3.8) is 0 Å². The van der Waals surface area contributed by atoms with E-state index in [1.165, 1.54) is 0 Å². The lowest BCUT2D eigenvalue weighted by molar-refractivity contribution is 0.0973. The SMILES string of the molecule is CC(C)n1cc(-c2c(-c3ccccc3)ncn2CC2CCCO2)cn1. The van der Waals surface area contributed by atoms with Gasteiger partial charge >= 0.3 is 0 Å². The van der Waals surface area contributed by atoms with Crippen LogP contribution in [0.1, 0.15) is 32.7 Å². The molecule has 0 spiro atoms. The lowest BCUT2D eigenvalue weighted by Crippen LogP contribution is -2.15. The second-order valence-corrected chi connectivity index (χ2v) is 6.90. The van der Waals surface area contributed by atoms with E-state index in [1.54, 1.807) is 0 Å². The van der Waals surface area contributed by atoms with Gasteiger partial charge in [0.1, 0.15) is 0 Å². The summed E-state index contributed by atoms with van der Waals surface area (Å²) >= 11 is 0. The van der Waals surface area contributed by atoms with Crippen molar-refractivity contribution in [2.75, 3.05) is 6.61 Å². The quantitative estimate of drug-likeness (QED) is 0.702. The largest absolute Gasteiger partial charge is 0.376 e. The van der Waals surface area contributed by atoms with Gasteiger partial charge in [0.25, 0.3) is 0 Å². The summed E-state index contributed by atoms with van der Waals surface area (Å²) in [6.07, 6.45) is 8.52. The Hall–Kier alpha value is -2.40. The standard InChI is InChI=1S/C20H24N4O/c1-15(2)24-12-17(11-22-24)20-19(16-7-4-3-5-8-16)21-14-23(20)13-18-9-6-10-25-18/h3-5,7-8,11-12,14-15,18H,6,9-10,13H2,1-2H3. The molecule has 1 saturated heterocycles. The third-order valence-electron chi connectivity index (χ3n) is 4.71. The Bertz CT molecular complexity index is 829. The molecule has 0 N–H and O–H groups in total. The maximum Gasteiger partial charge on any atom is 0.0964 e. The fourth-order valence-corrected chi connectivity index (χ4v) is 3.38. The minimum absolute atomic E-state index is 0.275. The third-order valence-corrected chi connectivity index (χ3v) is 4.71. The van der Waals surface area contributed by atoms with Crippen LogP contribution in [-0.2, 0) is 11.3 Å². The molecular weight excluding hydrogens is 312 g/mol. The van der Waals surface area contributed by atoms with Gasteiger partial charge in [-0.05, 0) is 26.7 Å². The number of ether oxygens (including phenoxy) is 1. The molecule has 0 radical (unpaired) electrons. The zero-order chi connectivity index (χ0) is 17.2. The molecule has 4 rings (SSSR count). The monoisotopic (exact) mass is 336 g/mol. The number of hydrogen-bond acceptors (Lipinski definition) is 3. The van der Waals surface area contributed by atoms with E-state index in [-0.39, 0.29) is 6.10 Å². The van der Waals surface area contributed by atoms with Crippen LogP contribution in [-0.4, -0.2) is 32.0 Å². The summed E-state index contributed by atoms with van der Waals surface area (Å²) < 4.78 is 10.1. The van der Waals surface area contributed by atoms with E-state index in [9.17, 15) is 0 Å². The molecule has 1 aliphatic heterocycles. The van der Waals surface area contributed by atoms with Crippen LogP contribution >= 0.6 is 0 Å². The van der Waals surface area contributed by atoms with Crippen LogP contribution in [0.2, 0.25) is 0 Å². The highest BCUT2D eigenvalue weighted by Crippen LogP contribution is 2.32. The van der Waals surface area contributed by atoms with Crippen molar-refractivity contribution in [2.45, 2.75) is 45.4 Å². The van der Waals surface area contributed by atoms with E-state index in [0.717, 1.165) is 48.5 Å². The molecule has 1 fully saturated rings. The van der Waals surface area contributed by atoms with Crippen molar-refractivity contribution in [1.29, 1.82) is 0 Å². The Morgan fingerprint density at radius 3 is 2.72 bits per heavy atom. The lowest BCUT2D eigenvalue weighted by Gasteiger charge is -2.13. The molecule has 1 aliphatic rings. The second kappa shape index (κ2) is 6.84. The molecular formula is C20H24N4O. The minimum Gasteiger partial charge on any atom is -0.376 e. The Morgan fingerprint density at radius 2 is 2.04 bits per heavy atom. The maximum absolute atomic E-state index is 5.84. The van der Waals surface area contributed by atoms with Gasteiger partial charge < -0.3 is 9.30 Å². The number of rotatable bonds is 5. The average Bonchev–Trinajstić information content (AvgIpc) is 3.36. The van der Waals surface area contributed by atoms with Gasteiger partial charge in [0, 0.05) is 30.0 Å². The highest BCUT2D eigenvalue weighted by atomic mass is 16.5. The van der Waals surface area contributed by atoms with Gasteiger partial charge in [-0.2, -0.15) is 5.10 Å². The summed E-state index contributed by atoms with van der Waals surface area (Å²) in [6, 6.07) is 10.7. The minimum atomic E-state index is 0.275.